The summed E-state index contributed by atoms with van der Waals surface area (Å²) < 4.78 is 25.7. The van der Waals surface area contributed by atoms with Gasteiger partial charge in [-0.15, -0.1) is 0 Å². The fourth-order valence-electron chi connectivity index (χ4n) is 3.41. The Balaban J connectivity index is 1.91. The molecular weight excluding hydrogens is 385 g/mol. The summed E-state index contributed by atoms with van der Waals surface area (Å²) >= 11 is 0. The molecule has 1 N–H and O–H groups in total. The van der Waals surface area contributed by atoms with Gasteiger partial charge in [0, 0.05) is 5.56 Å². The zero-order chi connectivity index (χ0) is 21.8. The molecule has 0 aliphatic heterocycles. The van der Waals surface area contributed by atoms with E-state index in [1.54, 1.807) is 43.3 Å². The molecule has 0 aliphatic carbocycles. The van der Waals surface area contributed by atoms with Crippen molar-refractivity contribution in [1.82, 2.24) is 15.1 Å². The quantitative estimate of drug-likeness (QED) is 0.615. The van der Waals surface area contributed by atoms with Crippen LogP contribution in [0.4, 0.5) is 4.39 Å². The lowest BCUT2D eigenvalue weighted by Gasteiger charge is -2.19. The molecule has 0 saturated heterocycles. The van der Waals surface area contributed by atoms with Crippen molar-refractivity contribution >= 4 is 5.91 Å². The molecule has 1 amide bonds. The average molecular weight is 411 g/mol. The molecule has 158 valence electrons. The first-order chi connectivity index (χ1) is 14.3. The van der Waals surface area contributed by atoms with Gasteiger partial charge in [0.2, 0.25) is 0 Å². The summed E-state index contributed by atoms with van der Waals surface area (Å²) in [6, 6.07) is 11.2. The van der Waals surface area contributed by atoms with Gasteiger partial charge in [0.25, 0.3) is 5.91 Å². The number of nitrogens with zero attached hydrogens (tertiary/aromatic N) is 2. The Bertz CT molecular complexity index is 1030. The van der Waals surface area contributed by atoms with Gasteiger partial charge < -0.3 is 14.8 Å². The van der Waals surface area contributed by atoms with Crippen LogP contribution in [0.5, 0.6) is 11.5 Å². The highest BCUT2D eigenvalue weighted by Crippen LogP contribution is 2.30. The number of hydrogen-bond acceptors (Lipinski definition) is 4. The van der Waals surface area contributed by atoms with E-state index >= 15 is 0 Å². The summed E-state index contributed by atoms with van der Waals surface area (Å²) in [6.45, 7) is 5.86. The lowest BCUT2D eigenvalue weighted by atomic mass is 10.0. The van der Waals surface area contributed by atoms with Crippen molar-refractivity contribution in [1.29, 1.82) is 0 Å². The van der Waals surface area contributed by atoms with Gasteiger partial charge in [-0.3, -0.25) is 4.79 Å². The van der Waals surface area contributed by atoms with E-state index < -0.39 is 0 Å². The third-order valence-corrected chi connectivity index (χ3v) is 4.92. The molecule has 0 aliphatic rings. The standard InChI is InChI=1S/C23H26FN3O3/c1-14(2)22-20(13-25-27(22)17-8-6-16(24)7-9-17)23(28)26-15(3)19-12-18(29-4)10-11-21(19)30-5/h6-15H,1-5H3,(H,26,28). The molecule has 2 aromatic carbocycles. The Morgan fingerprint density at radius 2 is 1.77 bits per heavy atom. The number of methoxy groups -OCH3 is 2. The van der Waals surface area contributed by atoms with Crippen molar-refractivity contribution in [2.45, 2.75) is 32.7 Å². The molecule has 1 unspecified atom stereocenters. The predicted molar refractivity (Wildman–Crippen MR) is 113 cm³/mol. The summed E-state index contributed by atoms with van der Waals surface area (Å²) in [5.74, 6) is 0.800. The zero-order valence-electron chi connectivity index (χ0n) is 17.8. The summed E-state index contributed by atoms with van der Waals surface area (Å²) in [5.41, 5.74) is 2.73. The number of benzene rings is 2. The largest absolute Gasteiger partial charge is 0.497 e. The molecular formula is C23H26FN3O3. The van der Waals surface area contributed by atoms with Crippen molar-refractivity contribution in [3.63, 3.8) is 0 Å². The minimum Gasteiger partial charge on any atom is -0.497 e. The Hall–Kier alpha value is -3.35. The highest BCUT2D eigenvalue weighted by atomic mass is 19.1. The Labute approximate surface area is 175 Å². The fourth-order valence-corrected chi connectivity index (χ4v) is 3.41. The minimum absolute atomic E-state index is 0.0277. The van der Waals surface area contributed by atoms with Gasteiger partial charge in [-0.1, -0.05) is 13.8 Å². The average Bonchev–Trinajstić information content (AvgIpc) is 3.19. The van der Waals surface area contributed by atoms with E-state index in [1.165, 1.54) is 12.1 Å². The zero-order valence-corrected chi connectivity index (χ0v) is 17.8. The third kappa shape index (κ3) is 4.30. The van der Waals surface area contributed by atoms with Crippen LogP contribution in [-0.2, 0) is 0 Å². The first kappa shape index (κ1) is 21.4. The second-order valence-corrected chi connectivity index (χ2v) is 7.29. The number of carbonyl (C=O) groups is 1. The molecule has 1 atom stereocenters. The van der Waals surface area contributed by atoms with Crippen LogP contribution in [0.3, 0.4) is 0 Å². The predicted octanol–water partition coefficient (Wildman–Crippen LogP) is 4.64. The van der Waals surface area contributed by atoms with Gasteiger partial charge in [-0.25, -0.2) is 9.07 Å². The second-order valence-electron chi connectivity index (χ2n) is 7.29. The van der Waals surface area contributed by atoms with Crippen LogP contribution in [0.25, 0.3) is 5.69 Å². The van der Waals surface area contributed by atoms with Gasteiger partial charge in [-0.2, -0.15) is 5.10 Å². The summed E-state index contributed by atoms with van der Waals surface area (Å²) in [7, 11) is 3.18. The normalized spacial score (nSPS) is 12.0. The summed E-state index contributed by atoms with van der Waals surface area (Å²) in [6.07, 6.45) is 1.55. The van der Waals surface area contributed by atoms with Crippen LogP contribution >= 0.6 is 0 Å². The van der Waals surface area contributed by atoms with Crippen molar-refractivity contribution in [2.24, 2.45) is 0 Å². The van der Waals surface area contributed by atoms with E-state index in [0.717, 1.165) is 11.3 Å². The van der Waals surface area contributed by atoms with Crippen molar-refractivity contribution < 1.29 is 18.7 Å². The molecule has 0 radical (unpaired) electrons. The molecule has 6 nitrogen and oxygen atoms in total. The van der Waals surface area contributed by atoms with Gasteiger partial charge in [0.1, 0.15) is 17.3 Å². The smallest absolute Gasteiger partial charge is 0.255 e. The molecule has 3 rings (SSSR count). The van der Waals surface area contributed by atoms with Crippen LogP contribution in [0, 0.1) is 5.82 Å². The maximum atomic E-state index is 13.3. The molecule has 1 aromatic heterocycles. The molecule has 0 fully saturated rings. The van der Waals surface area contributed by atoms with Gasteiger partial charge in [0.05, 0.1) is 43.4 Å². The van der Waals surface area contributed by atoms with Crippen molar-refractivity contribution in [3.05, 3.63) is 71.3 Å². The summed E-state index contributed by atoms with van der Waals surface area (Å²) in [5, 5.41) is 7.41. The number of rotatable bonds is 7. The topological polar surface area (TPSA) is 65.4 Å². The number of aromatic nitrogens is 2. The molecule has 3 aromatic rings. The molecule has 1 heterocycles. The highest BCUT2D eigenvalue weighted by molar-refractivity contribution is 5.95. The van der Waals surface area contributed by atoms with Crippen LogP contribution in [0.2, 0.25) is 0 Å². The molecule has 30 heavy (non-hydrogen) atoms. The maximum absolute atomic E-state index is 13.3. The van der Waals surface area contributed by atoms with Crippen molar-refractivity contribution in [2.75, 3.05) is 14.2 Å². The van der Waals surface area contributed by atoms with Crippen molar-refractivity contribution in [3.8, 4) is 17.2 Å². The summed E-state index contributed by atoms with van der Waals surface area (Å²) in [4.78, 5) is 13.1. The van der Waals surface area contributed by atoms with E-state index in [1.807, 2.05) is 32.9 Å². The number of amides is 1. The number of ether oxygens (including phenoxy) is 2. The maximum Gasteiger partial charge on any atom is 0.255 e. The first-order valence-corrected chi connectivity index (χ1v) is 9.72. The Morgan fingerprint density at radius 3 is 2.37 bits per heavy atom. The van der Waals surface area contributed by atoms with Crippen LogP contribution in [-0.4, -0.2) is 29.9 Å². The Kier molecular flexibility index (Phi) is 6.40. The molecule has 0 bridgehead atoms. The number of hydrogen-bond donors (Lipinski definition) is 1. The van der Waals surface area contributed by atoms with E-state index in [-0.39, 0.29) is 23.7 Å². The Morgan fingerprint density at radius 1 is 1.07 bits per heavy atom. The van der Waals surface area contributed by atoms with Gasteiger partial charge in [0.15, 0.2) is 0 Å². The second kappa shape index (κ2) is 8.98. The lowest BCUT2D eigenvalue weighted by molar-refractivity contribution is 0.0938. The van der Waals surface area contributed by atoms with E-state index in [2.05, 4.69) is 10.4 Å². The van der Waals surface area contributed by atoms with E-state index in [9.17, 15) is 9.18 Å². The van der Waals surface area contributed by atoms with Crippen LogP contribution < -0.4 is 14.8 Å². The fraction of sp³-hybridized carbons (Fsp3) is 0.304. The molecule has 7 heteroatoms. The monoisotopic (exact) mass is 411 g/mol. The van der Waals surface area contributed by atoms with Crippen LogP contribution in [0.15, 0.2) is 48.7 Å². The number of halogens is 1. The van der Waals surface area contributed by atoms with E-state index in [4.69, 9.17) is 9.47 Å². The minimum atomic E-state index is -0.323. The number of carbonyl (C=O) groups excluding carboxylic acids is 1. The lowest BCUT2D eigenvalue weighted by Crippen LogP contribution is -2.28. The third-order valence-electron chi connectivity index (χ3n) is 4.92. The van der Waals surface area contributed by atoms with Gasteiger partial charge >= 0.3 is 0 Å². The van der Waals surface area contributed by atoms with E-state index in [0.29, 0.717) is 22.7 Å². The van der Waals surface area contributed by atoms with Crippen LogP contribution in [0.1, 0.15) is 54.3 Å². The highest BCUT2D eigenvalue weighted by Gasteiger charge is 2.23. The number of nitrogens with one attached hydrogen (secondary N) is 1. The first-order valence-electron chi connectivity index (χ1n) is 9.72. The molecule has 0 saturated carbocycles. The van der Waals surface area contributed by atoms with Gasteiger partial charge in [-0.05, 0) is 55.3 Å². The molecule has 0 spiro atoms. The SMILES string of the molecule is COc1ccc(OC)c(C(C)NC(=O)c2cnn(-c3ccc(F)cc3)c2C(C)C)c1.